The maximum absolute atomic E-state index is 14.4. The summed E-state index contributed by atoms with van der Waals surface area (Å²) in [6, 6.07) is 36.9. The van der Waals surface area contributed by atoms with E-state index in [1.807, 2.05) is 76.7 Å². The van der Waals surface area contributed by atoms with Gasteiger partial charge in [-0.05, 0) is 46.5 Å². The van der Waals surface area contributed by atoms with Crippen LogP contribution in [0.2, 0.25) is 0 Å². The minimum atomic E-state index is -0.398. The van der Waals surface area contributed by atoms with Gasteiger partial charge in [-0.1, -0.05) is 109 Å². The van der Waals surface area contributed by atoms with Crippen LogP contribution in [-0.4, -0.2) is 34.0 Å². The zero-order valence-corrected chi connectivity index (χ0v) is 22.7. The fourth-order valence-electron chi connectivity index (χ4n) is 4.44. The van der Waals surface area contributed by atoms with Gasteiger partial charge in [0.25, 0.3) is 0 Å². The number of nitrogens with zero attached hydrogens (tertiary/aromatic N) is 2. The van der Waals surface area contributed by atoms with Gasteiger partial charge in [-0.15, -0.1) is 0 Å². The lowest BCUT2D eigenvalue weighted by Crippen LogP contribution is -2.19. The molecule has 0 aliphatic carbocycles. The van der Waals surface area contributed by atoms with Crippen molar-refractivity contribution < 1.29 is 4.79 Å². The molecule has 0 bridgehead atoms. The van der Waals surface area contributed by atoms with Crippen LogP contribution < -0.4 is 9.80 Å². The predicted octanol–water partition coefficient (Wildman–Crippen LogP) is 7.68. The molecular weight excluding hydrogens is 464 g/mol. The number of ketones is 1. The molecule has 3 heteroatoms. The fraction of sp³-hybridized carbons (Fsp3) is 0.171. The van der Waals surface area contributed by atoms with Crippen LogP contribution in [0.4, 0.5) is 11.4 Å². The van der Waals surface area contributed by atoms with Gasteiger partial charge < -0.3 is 9.80 Å². The molecule has 0 aliphatic rings. The Morgan fingerprint density at radius 3 is 1.18 bits per heavy atom. The second-order valence-electron chi connectivity index (χ2n) is 9.87. The van der Waals surface area contributed by atoms with Crippen molar-refractivity contribution in [2.75, 3.05) is 38.0 Å². The van der Waals surface area contributed by atoms with Gasteiger partial charge in [0.1, 0.15) is 0 Å². The Labute approximate surface area is 227 Å². The number of benzene rings is 4. The standard InChI is InChI=1S/C35H36N2O/c1-36(2)31-21-17-29(18-22-31)33(25-15-27-11-7-5-8-12-27)35(38)34(26-16-28-13-9-6-10-14-28)30-19-23-32(24-20-30)37(3)4/h5-26,33-34H,1-4H3. The van der Waals surface area contributed by atoms with Crippen LogP contribution >= 0.6 is 0 Å². The average molecular weight is 501 g/mol. The summed E-state index contributed by atoms with van der Waals surface area (Å²) in [7, 11) is 8.09. The van der Waals surface area contributed by atoms with E-state index in [1.165, 1.54) is 0 Å². The summed E-state index contributed by atoms with van der Waals surface area (Å²) < 4.78 is 0. The number of hydrogen-bond donors (Lipinski definition) is 0. The molecule has 0 radical (unpaired) electrons. The van der Waals surface area contributed by atoms with E-state index in [-0.39, 0.29) is 5.78 Å². The Bertz CT molecular complexity index is 1250. The molecule has 0 spiro atoms. The average Bonchev–Trinajstić information content (AvgIpc) is 2.95. The van der Waals surface area contributed by atoms with Gasteiger partial charge in [0.2, 0.25) is 0 Å². The highest BCUT2D eigenvalue weighted by molar-refractivity contribution is 5.96. The quantitative estimate of drug-likeness (QED) is 0.223. The Balaban J connectivity index is 1.76. The first-order valence-electron chi connectivity index (χ1n) is 13.0. The number of allylic oxidation sites excluding steroid dienone is 2. The Morgan fingerprint density at radius 2 is 0.868 bits per heavy atom. The zero-order valence-electron chi connectivity index (χ0n) is 22.7. The SMILES string of the molecule is CN(C)c1ccc(C(C=Cc2ccccc2)C(=O)C(C=Cc2ccccc2)c2ccc(N(C)C)cc2)cc1. The van der Waals surface area contributed by atoms with Crippen LogP contribution in [0.5, 0.6) is 0 Å². The first-order chi connectivity index (χ1) is 18.4. The summed E-state index contributed by atoms with van der Waals surface area (Å²) in [6.07, 6.45) is 8.19. The molecule has 0 amide bonds. The summed E-state index contributed by atoms with van der Waals surface area (Å²) in [5.41, 5.74) is 6.31. The lowest BCUT2D eigenvalue weighted by molar-refractivity contribution is -0.119. The Kier molecular flexibility index (Phi) is 8.94. The van der Waals surface area contributed by atoms with Gasteiger partial charge in [0, 0.05) is 39.6 Å². The molecule has 0 N–H and O–H groups in total. The van der Waals surface area contributed by atoms with Crippen LogP contribution in [0, 0.1) is 0 Å². The van der Waals surface area contributed by atoms with Crippen molar-refractivity contribution in [2.24, 2.45) is 0 Å². The van der Waals surface area contributed by atoms with Crippen LogP contribution in [0.3, 0.4) is 0 Å². The van der Waals surface area contributed by atoms with Crippen LogP contribution in [0.25, 0.3) is 12.2 Å². The van der Waals surface area contributed by atoms with E-state index in [0.29, 0.717) is 0 Å². The van der Waals surface area contributed by atoms with E-state index in [9.17, 15) is 4.79 Å². The summed E-state index contributed by atoms with van der Waals surface area (Å²) in [5.74, 6) is -0.657. The minimum Gasteiger partial charge on any atom is -0.378 e. The largest absolute Gasteiger partial charge is 0.378 e. The van der Waals surface area contributed by atoms with Crippen molar-refractivity contribution in [3.8, 4) is 0 Å². The van der Waals surface area contributed by atoms with Gasteiger partial charge in [-0.2, -0.15) is 0 Å². The number of anilines is 2. The van der Waals surface area contributed by atoms with Crippen LogP contribution in [0.15, 0.2) is 121 Å². The van der Waals surface area contributed by atoms with E-state index in [4.69, 9.17) is 0 Å². The fourth-order valence-corrected chi connectivity index (χ4v) is 4.44. The van der Waals surface area contributed by atoms with Gasteiger partial charge in [-0.3, -0.25) is 4.79 Å². The number of Topliss-reactive ketones (excluding diaryl/α,β-unsaturated/α-hetero) is 1. The molecular formula is C35H36N2O. The molecule has 0 aromatic heterocycles. The number of rotatable bonds is 10. The lowest BCUT2D eigenvalue weighted by atomic mass is 9.82. The molecule has 2 unspecified atom stereocenters. The van der Waals surface area contributed by atoms with E-state index in [2.05, 4.69) is 94.7 Å². The van der Waals surface area contributed by atoms with Crippen LogP contribution in [-0.2, 0) is 4.79 Å². The molecule has 2 atom stereocenters. The number of hydrogen-bond acceptors (Lipinski definition) is 3. The highest BCUT2D eigenvalue weighted by atomic mass is 16.1. The molecule has 192 valence electrons. The van der Waals surface area contributed by atoms with Gasteiger partial charge >= 0.3 is 0 Å². The van der Waals surface area contributed by atoms with Gasteiger partial charge in [0.05, 0.1) is 11.8 Å². The summed E-state index contributed by atoms with van der Waals surface area (Å²) in [5, 5.41) is 0. The third-order valence-corrected chi connectivity index (χ3v) is 6.71. The van der Waals surface area contributed by atoms with Crippen molar-refractivity contribution in [2.45, 2.75) is 11.8 Å². The van der Waals surface area contributed by atoms with Crippen molar-refractivity contribution in [3.05, 3.63) is 144 Å². The number of carbonyl (C=O) groups is 1. The summed E-state index contributed by atoms with van der Waals surface area (Å²) in [6.45, 7) is 0. The monoisotopic (exact) mass is 500 g/mol. The zero-order chi connectivity index (χ0) is 26.9. The number of carbonyl (C=O) groups excluding carboxylic acids is 1. The second kappa shape index (κ2) is 12.7. The highest BCUT2D eigenvalue weighted by Gasteiger charge is 2.26. The van der Waals surface area contributed by atoms with E-state index < -0.39 is 11.8 Å². The van der Waals surface area contributed by atoms with Crippen molar-refractivity contribution in [1.29, 1.82) is 0 Å². The second-order valence-corrected chi connectivity index (χ2v) is 9.87. The Morgan fingerprint density at radius 1 is 0.526 bits per heavy atom. The predicted molar refractivity (Wildman–Crippen MR) is 163 cm³/mol. The third kappa shape index (κ3) is 6.89. The van der Waals surface area contributed by atoms with E-state index in [1.54, 1.807) is 0 Å². The topological polar surface area (TPSA) is 23.6 Å². The maximum atomic E-state index is 14.4. The van der Waals surface area contributed by atoms with E-state index >= 15 is 0 Å². The first-order valence-corrected chi connectivity index (χ1v) is 13.0. The molecule has 4 aromatic rings. The van der Waals surface area contributed by atoms with Crippen molar-refractivity contribution in [1.82, 2.24) is 0 Å². The lowest BCUT2D eigenvalue weighted by Gasteiger charge is -2.21. The third-order valence-electron chi connectivity index (χ3n) is 6.71. The van der Waals surface area contributed by atoms with Crippen molar-refractivity contribution >= 4 is 29.3 Å². The molecule has 38 heavy (non-hydrogen) atoms. The molecule has 0 heterocycles. The van der Waals surface area contributed by atoms with Crippen LogP contribution in [0.1, 0.15) is 34.1 Å². The maximum Gasteiger partial charge on any atom is 0.155 e. The summed E-state index contributed by atoms with van der Waals surface area (Å²) in [4.78, 5) is 18.5. The molecule has 0 aliphatic heterocycles. The molecule has 3 nitrogen and oxygen atoms in total. The normalized spacial score (nSPS) is 12.9. The smallest absolute Gasteiger partial charge is 0.155 e. The van der Waals surface area contributed by atoms with Gasteiger partial charge in [-0.25, -0.2) is 0 Å². The van der Waals surface area contributed by atoms with Gasteiger partial charge in [0.15, 0.2) is 5.78 Å². The molecule has 4 aromatic carbocycles. The Hall–Kier alpha value is -4.37. The first kappa shape index (κ1) is 26.7. The molecule has 0 saturated carbocycles. The highest BCUT2D eigenvalue weighted by Crippen LogP contribution is 2.32. The van der Waals surface area contributed by atoms with Crippen molar-refractivity contribution in [3.63, 3.8) is 0 Å². The molecule has 0 saturated heterocycles. The summed E-state index contributed by atoms with van der Waals surface area (Å²) >= 11 is 0. The molecule has 4 rings (SSSR count). The van der Waals surface area contributed by atoms with E-state index in [0.717, 1.165) is 33.6 Å². The molecule has 0 fully saturated rings. The minimum absolute atomic E-state index is 0.138.